The van der Waals surface area contributed by atoms with Gasteiger partial charge in [-0.15, -0.1) is 0 Å². The Hall–Kier alpha value is -3.00. The molecule has 1 aromatic heterocycles. The first-order valence-corrected chi connectivity index (χ1v) is 7.98. The van der Waals surface area contributed by atoms with Crippen molar-refractivity contribution in [2.24, 2.45) is 0 Å². The van der Waals surface area contributed by atoms with Crippen LogP contribution in [-0.4, -0.2) is 20.7 Å². The summed E-state index contributed by atoms with van der Waals surface area (Å²) in [5.74, 6) is -0.363. The number of halogens is 1. The number of anilines is 1. The third-order valence-electron chi connectivity index (χ3n) is 3.56. The number of carbonyl (C=O) groups excluding carboxylic acids is 1. The van der Waals surface area contributed by atoms with E-state index >= 15 is 0 Å². The first kappa shape index (κ1) is 16.8. The quantitative estimate of drug-likeness (QED) is 0.485. The molecule has 3 N–H and O–H groups in total. The monoisotopic (exact) mass is 357 g/mol. The number of aromatic amines is 1. The van der Waals surface area contributed by atoms with Crippen molar-refractivity contribution in [2.75, 3.05) is 5.43 Å². The van der Waals surface area contributed by atoms with Gasteiger partial charge in [0, 0.05) is 5.69 Å². The summed E-state index contributed by atoms with van der Waals surface area (Å²) < 4.78 is 15.6. The lowest BCUT2D eigenvalue weighted by Gasteiger charge is -2.10. The molecule has 0 saturated carbocycles. The number of carbonyl (C=O) groups is 1. The molecule has 0 aliphatic rings. The van der Waals surface area contributed by atoms with Crippen LogP contribution in [0, 0.1) is 17.5 Å². The van der Waals surface area contributed by atoms with Gasteiger partial charge in [0.05, 0.1) is 12.1 Å². The van der Waals surface area contributed by atoms with Gasteiger partial charge >= 0.3 is 0 Å². The van der Waals surface area contributed by atoms with E-state index in [1.165, 1.54) is 12.1 Å². The van der Waals surface area contributed by atoms with Gasteiger partial charge in [-0.1, -0.05) is 29.8 Å². The maximum absolute atomic E-state index is 13.5. The van der Waals surface area contributed by atoms with Crippen LogP contribution in [0.1, 0.15) is 11.4 Å². The molecule has 8 heteroatoms. The largest absolute Gasteiger partial charge is 0.296 e. The van der Waals surface area contributed by atoms with Crippen LogP contribution in [0.3, 0.4) is 0 Å². The fourth-order valence-electron chi connectivity index (χ4n) is 2.30. The number of hydrogen-bond donors (Lipinski definition) is 3. The second-order valence-electron chi connectivity index (χ2n) is 5.45. The number of nitrogens with one attached hydrogen (secondary N) is 3. The molecule has 3 rings (SSSR count). The Balaban J connectivity index is 1.73. The Morgan fingerprint density at radius 1 is 1.24 bits per heavy atom. The molecule has 0 aliphatic carbocycles. The second kappa shape index (κ2) is 7.27. The highest BCUT2D eigenvalue weighted by molar-refractivity contribution is 7.71. The maximum atomic E-state index is 13.5. The standard InChI is InChI=1S/C17H16FN5OS/c1-11-6-8-12(9-7-11)23-15(20-22-17(23)25)10-16(24)21-19-14-5-3-2-4-13(14)18/h2-9,19H,10H2,1H3,(H,21,24)(H,22,25). The van der Waals surface area contributed by atoms with E-state index in [4.69, 9.17) is 12.2 Å². The van der Waals surface area contributed by atoms with Crippen molar-refractivity contribution in [3.8, 4) is 5.69 Å². The van der Waals surface area contributed by atoms with Crippen LogP contribution in [0.15, 0.2) is 48.5 Å². The molecule has 0 atom stereocenters. The van der Waals surface area contributed by atoms with Gasteiger partial charge in [-0.3, -0.25) is 25.3 Å². The average molecular weight is 357 g/mol. The van der Waals surface area contributed by atoms with Gasteiger partial charge in [0.15, 0.2) is 4.77 Å². The summed E-state index contributed by atoms with van der Waals surface area (Å²) in [7, 11) is 0. The molecule has 25 heavy (non-hydrogen) atoms. The molecule has 0 fully saturated rings. The van der Waals surface area contributed by atoms with Gasteiger partial charge in [0.2, 0.25) is 5.91 Å². The number of aryl methyl sites for hydroxylation is 1. The van der Waals surface area contributed by atoms with Crippen LogP contribution in [-0.2, 0) is 11.2 Å². The van der Waals surface area contributed by atoms with Crippen molar-refractivity contribution in [2.45, 2.75) is 13.3 Å². The maximum Gasteiger partial charge on any atom is 0.245 e. The number of hydrazine groups is 1. The summed E-state index contributed by atoms with van der Waals surface area (Å²) in [5.41, 5.74) is 7.13. The van der Waals surface area contributed by atoms with Crippen LogP contribution >= 0.6 is 12.2 Å². The van der Waals surface area contributed by atoms with Crippen molar-refractivity contribution in [1.82, 2.24) is 20.2 Å². The number of aromatic nitrogens is 3. The van der Waals surface area contributed by atoms with E-state index < -0.39 is 5.82 Å². The minimum atomic E-state index is -0.454. The summed E-state index contributed by atoms with van der Waals surface area (Å²) in [4.78, 5) is 12.1. The number of rotatable bonds is 5. The fourth-order valence-corrected chi connectivity index (χ4v) is 2.55. The molecule has 6 nitrogen and oxygen atoms in total. The van der Waals surface area contributed by atoms with Crippen LogP contribution in [0.4, 0.5) is 10.1 Å². The first-order chi connectivity index (χ1) is 12.0. The lowest BCUT2D eigenvalue weighted by Crippen LogP contribution is -2.31. The summed E-state index contributed by atoms with van der Waals surface area (Å²) in [6, 6.07) is 13.8. The molecule has 2 aromatic carbocycles. The molecule has 0 spiro atoms. The molecule has 0 radical (unpaired) electrons. The third kappa shape index (κ3) is 3.92. The van der Waals surface area contributed by atoms with Crippen LogP contribution < -0.4 is 10.9 Å². The zero-order valence-electron chi connectivity index (χ0n) is 13.4. The number of hydrogen-bond acceptors (Lipinski definition) is 4. The highest BCUT2D eigenvalue weighted by Crippen LogP contribution is 2.13. The molecular formula is C17H16FN5OS. The first-order valence-electron chi connectivity index (χ1n) is 7.57. The lowest BCUT2D eigenvalue weighted by atomic mass is 10.2. The summed E-state index contributed by atoms with van der Waals surface area (Å²) >= 11 is 5.25. The minimum absolute atomic E-state index is 0.0253. The molecule has 128 valence electrons. The van der Waals surface area contributed by atoms with Crippen molar-refractivity contribution < 1.29 is 9.18 Å². The molecule has 1 heterocycles. The van der Waals surface area contributed by atoms with Crippen molar-refractivity contribution in [1.29, 1.82) is 0 Å². The third-order valence-corrected chi connectivity index (χ3v) is 3.84. The van der Waals surface area contributed by atoms with Crippen molar-refractivity contribution in [3.05, 3.63) is 70.5 Å². The fraction of sp³-hybridized carbons (Fsp3) is 0.118. The van der Waals surface area contributed by atoms with E-state index in [9.17, 15) is 9.18 Å². The summed E-state index contributed by atoms with van der Waals surface area (Å²) in [6.07, 6.45) is -0.0253. The SMILES string of the molecule is Cc1ccc(-n2c(CC(=O)NNc3ccccc3F)n[nH]c2=S)cc1. The van der Waals surface area contributed by atoms with Crippen LogP contribution in [0.2, 0.25) is 0 Å². The Morgan fingerprint density at radius 3 is 2.68 bits per heavy atom. The molecule has 0 aliphatic heterocycles. The number of amides is 1. The predicted molar refractivity (Wildman–Crippen MR) is 95.4 cm³/mol. The van der Waals surface area contributed by atoms with Gasteiger partial charge in [-0.25, -0.2) is 4.39 Å². The Labute approximate surface area is 148 Å². The number of nitrogens with zero attached hydrogens (tertiary/aromatic N) is 2. The number of H-pyrrole nitrogens is 1. The summed E-state index contributed by atoms with van der Waals surface area (Å²) in [5, 5.41) is 6.80. The van der Waals surface area contributed by atoms with Gasteiger partial charge in [0.1, 0.15) is 11.6 Å². The van der Waals surface area contributed by atoms with E-state index in [0.29, 0.717) is 10.6 Å². The van der Waals surface area contributed by atoms with E-state index in [-0.39, 0.29) is 18.0 Å². The lowest BCUT2D eigenvalue weighted by molar-refractivity contribution is -0.120. The molecule has 0 unspecified atom stereocenters. The van der Waals surface area contributed by atoms with Crippen molar-refractivity contribution >= 4 is 23.8 Å². The zero-order chi connectivity index (χ0) is 17.8. The number of para-hydroxylation sites is 1. The second-order valence-corrected chi connectivity index (χ2v) is 5.83. The average Bonchev–Trinajstić information content (AvgIpc) is 2.95. The van der Waals surface area contributed by atoms with Gasteiger partial charge in [-0.2, -0.15) is 5.10 Å². The highest BCUT2D eigenvalue weighted by atomic mass is 32.1. The number of benzene rings is 2. The van der Waals surface area contributed by atoms with Crippen molar-refractivity contribution in [3.63, 3.8) is 0 Å². The molecular weight excluding hydrogens is 341 g/mol. The van der Waals surface area contributed by atoms with Crippen LogP contribution in [0.25, 0.3) is 5.69 Å². The molecule has 3 aromatic rings. The minimum Gasteiger partial charge on any atom is -0.296 e. The van der Waals surface area contributed by atoms with Gasteiger partial charge in [0.25, 0.3) is 0 Å². The molecule has 0 bridgehead atoms. The molecule has 0 saturated heterocycles. The predicted octanol–water partition coefficient (Wildman–Crippen LogP) is 3.06. The Bertz CT molecular complexity index is 948. The normalized spacial score (nSPS) is 10.5. The van der Waals surface area contributed by atoms with Crippen LogP contribution in [0.5, 0.6) is 0 Å². The van der Waals surface area contributed by atoms with Gasteiger partial charge < -0.3 is 0 Å². The van der Waals surface area contributed by atoms with E-state index in [2.05, 4.69) is 21.0 Å². The smallest absolute Gasteiger partial charge is 0.245 e. The molecule has 1 amide bonds. The highest BCUT2D eigenvalue weighted by Gasteiger charge is 2.13. The van der Waals surface area contributed by atoms with Gasteiger partial charge in [-0.05, 0) is 43.4 Å². The zero-order valence-corrected chi connectivity index (χ0v) is 14.2. The Kier molecular flexibility index (Phi) is 4.90. The van der Waals surface area contributed by atoms with E-state index in [0.717, 1.165) is 11.3 Å². The summed E-state index contributed by atoms with van der Waals surface area (Å²) in [6.45, 7) is 1.99. The Morgan fingerprint density at radius 2 is 1.96 bits per heavy atom. The van der Waals surface area contributed by atoms with E-state index in [1.54, 1.807) is 16.7 Å². The topological polar surface area (TPSA) is 74.7 Å². The van der Waals surface area contributed by atoms with E-state index in [1.807, 2.05) is 31.2 Å².